The Hall–Kier alpha value is -7.38. The summed E-state index contributed by atoms with van der Waals surface area (Å²) in [4.78, 5) is 122. The summed E-state index contributed by atoms with van der Waals surface area (Å²) in [6, 6.07) is 13.4. The van der Waals surface area contributed by atoms with Crippen LogP contribution in [-0.2, 0) is 83.2 Å². The number of nitrogens with zero attached hydrogens (tertiary/aromatic N) is 8. The number of esters is 4. The predicted molar refractivity (Wildman–Crippen MR) is 307 cm³/mol. The third kappa shape index (κ3) is 18.3. The minimum Gasteiger partial charge on any atom is -0.451 e. The van der Waals surface area contributed by atoms with Gasteiger partial charge in [0.1, 0.15) is 24.2 Å². The first kappa shape index (κ1) is 65.4. The van der Waals surface area contributed by atoms with E-state index in [1.165, 1.54) is 42.0 Å². The highest BCUT2D eigenvalue weighted by Gasteiger charge is 2.43. The summed E-state index contributed by atoms with van der Waals surface area (Å²) < 4.78 is 27.8. The van der Waals surface area contributed by atoms with Crippen molar-refractivity contribution in [1.29, 1.82) is 0 Å². The lowest BCUT2D eigenvalue weighted by atomic mass is 9.99. The SMILES string of the molecule is Cc1ccn(Cc2ccc(C[C@H]3OC(=O)[C@H](CC(C)C)N(C)C(=O)[C@@H](C)OC(=O)[C@H](CC(C)C)N(C)C(=O)[C@@H](Cc4ccc(Cn5ccc(C)n5)cc4)OC(=O)[C@H](CC(C)C)N(C)C(=O)[C@@H](C)OC(=O)[C@H](CC(C)C)N(C)C3=O)cc2)n1. The smallest absolute Gasteiger partial charge is 0.329 e. The molecule has 1 aliphatic rings. The Morgan fingerprint density at radius 1 is 0.390 bits per heavy atom. The molecule has 2 aromatic carbocycles. The van der Waals surface area contributed by atoms with E-state index in [2.05, 4.69) is 10.2 Å². The number of benzene rings is 2. The Balaban J connectivity index is 1.59. The Morgan fingerprint density at radius 3 is 0.902 bits per heavy atom. The van der Waals surface area contributed by atoms with Crippen LogP contribution in [0.3, 0.4) is 0 Å². The fourth-order valence-electron chi connectivity index (χ4n) is 9.95. The van der Waals surface area contributed by atoms with Crippen molar-refractivity contribution in [2.24, 2.45) is 23.7 Å². The predicted octanol–water partition coefficient (Wildman–Crippen LogP) is 6.77. The third-order valence-corrected chi connectivity index (χ3v) is 14.6. The van der Waals surface area contributed by atoms with Gasteiger partial charge in [-0.05, 0) is 111 Å². The van der Waals surface area contributed by atoms with Gasteiger partial charge in [0, 0.05) is 53.4 Å². The first-order valence-electron chi connectivity index (χ1n) is 28.6. The molecule has 0 aliphatic carbocycles. The molecule has 5 rings (SSSR count). The van der Waals surface area contributed by atoms with Gasteiger partial charge in [-0.2, -0.15) is 10.2 Å². The number of aromatic nitrogens is 4. The van der Waals surface area contributed by atoms with Crippen molar-refractivity contribution in [1.82, 2.24) is 39.2 Å². The van der Waals surface area contributed by atoms with Gasteiger partial charge in [0.25, 0.3) is 23.6 Å². The quantitative estimate of drug-likeness (QED) is 0.0835. The van der Waals surface area contributed by atoms with Crippen LogP contribution in [0.2, 0.25) is 0 Å². The molecule has 20 nitrogen and oxygen atoms in total. The number of cyclic esters (lactones) is 4. The average Bonchev–Trinajstić information content (AvgIpc) is 4.11. The van der Waals surface area contributed by atoms with Gasteiger partial charge in [-0.3, -0.25) is 28.5 Å². The molecular weight excluding hydrogens is 1050 g/mol. The van der Waals surface area contributed by atoms with Gasteiger partial charge in [-0.1, -0.05) is 104 Å². The van der Waals surface area contributed by atoms with E-state index in [0.717, 1.165) is 42.1 Å². The number of rotatable bonds is 16. The van der Waals surface area contributed by atoms with Crippen molar-refractivity contribution in [3.8, 4) is 0 Å². The second kappa shape index (κ2) is 29.6. The molecule has 1 fully saturated rings. The normalized spacial score (nSPS) is 23.0. The highest BCUT2D eigenvalue weighted by molar-refractivity contribution is 5.94. The maximum Gasteiger partial charge on any atom is 0.329 e. The van der Waals surface area contributed by atoms with Gasteiger partial charge in [-0.25, -0.2) is 19.2 Å². The highest BCUT2D eigenvalue weighted by Crippen LogP contribution is 2.25. The van der Waals surface area contributed by atoms with Crippen molar-refractivity contribution in [3.05, 3.63) is 107 Å². The van der Waals surface area contributed by atoms with Gasteiger partial charge in [0.2, 0.25) is 0 Å². The van der Waals surface area contributed by atoms with Gasteiger partial charge in [0.15, 0.2) is 24.4 Å². The lowest BCUT2D eigenvalue weighted by Crippen LogP contribution is -2.55. The van der Waals surface area contributed by atoms with E-state index >= 15 is 9.59 Å². The number of hydrogen-bond acceptors (Lipinski definition) is 14. The van der Waals surface area contributed by atoms with E-state index in [4.69, 9.17) is 18.9 Å². The number of carbonyl (C=O) groups excluding carboxylic acids is 8. The molecule has 0 N–H and O–H groups in total. The van der Waals surface area contributed by atoms with Crippen LogP contribution in [0.1, 0.15) is 129 Å². The van der Waals surface area contributed by atoms with E-state index in [0.29, 0.717) is 24.2 Å². The lowest BCUT2D eigenvalue weighted by Gasteiger charge is -2.35. The molecule has 2 aromatic heterocycles. The Bertz CT molecular complexity index is 2620. The van der Waals surface area contributed by atoms with Crippen molar-refractivity contribution in [2.45, 2.75) is 183 Å². The Morgan fingerprint density at radius 2 is 0.646 bits per heavy atom. The maximum absolute atomic E-state index is 15.0. The van der Waals surface area contributed by atoms with E-state index in [-0.39, 0.29) is 62.2 Å². The molecule has 4 amide bonds. The zero-order chi connectivity index (χ0) is 60.9. The fourth-order valence-corrected chi connectivity index (χ4v) is 9.95. The standard InChI is InChI=1S/C62H88N8O12/c1-37(2)29-49-59(75)79-43(11)55(71)65(13)52(32-40(7)8)62(78)82-54(34-46-19-23-48(24-20-46)36-70-28-26-42(10)64-70)58(74)68(16)50(30-38(3)4)60(76)80-44(12)56(72)66(14)51(31-39(5)6)61(77)81-53(57(73)67(49)15)33-45-17-21-47(22-18-45)35-69-27-25-41(9)63-69/h17-28,37-40,43-44,49-54H,29-36H2,1-16H3/t43-,44-,49+,50+,51+,52+,53-,54-/m1/s1. The number of carbonyl (C=O) groups is 8. The van der Waals surface area contributed by atoms with Crippen LogP contribution < -0.4 is 0 Å². The van der Waals surface area contributed by atoms with Crippen molar-refractivity contribution >= 4 is 47.5 Å². The monoisotopic (exact) mass is 1140 g/mol. The van der Waals surface area contributed by atoms with Crippen molar-refractivity contribution < 1.29 is 57.3 Å². The van der Waals surface area contributed by atoms with Crippen LogP contribution in [-0.4, -0.2) is 163 Å². The minimum atomic E-state index is -1.53. The van der Waals surface area contributed by atoms with Gasteiger partial charge >= 0.3 is 23.9 Å². The van der Waals surface area contributed by atoms with Crippen LogP contribution in [0.15, 0.2) is 73.1 Å². The summed E-state index contributed by atoms with van der Waals surface area (Å²) in [5, 5.41) is 8.95. The van der Waals surface area contributed by atoms with Crippen LogP contribution in [0.4, 0.5) is 0 Å². The van der Waals surface area contributed by atoms with Crippen LogP contribution in [0.5, 0.6) is 0 Å². The zero-order valence-corrected chi connectivity index (χ0v) is 51.0. The number of amides is 4. The number of likely N-dealkylation sites (N-methyl/N-ethyl adjacent to an activating group) is 4. The van der Waals surface area contributed by atoms with Gasteiger partial charge in [-0.15, -0.1) is 0 Å². The topological polar surface area (TPSA) is 222 Å². The fraction of sp³-hybridized carbons (Fsp3) is 0.581. The molecule has 20 heteroatoms. The Labute approximate surface area is 484 Å². The minimum absolute atomic E-state index is 0.0842. The van der Waals surface area contributed by atoms with Crippen LogP contribution in [0.25, 0.3) is 0 Å². The van der Waals surface area contributed by atoms with Crippen LogP contribution >= 0.6 is 0 Å². The first-order valence-corrected chi connectivity index (χ1v) is 28.6. The molecule has 0 radical (unpaired) electrons. The molecular formula is C62H88N8O12. The van der Waals surface area contributed by atoms with Crippen LogP contribution in [0, 0.1) is 37.5 Å². The molecule has 1 aliphatic heterocycles. The third-order valence-electron chi connectivity index (χ3n) is 14.6. The first-order chi connectivity index (χ1) is 38.5. The van der Waals surface area contributed by atoms with Crippen molar-refractivity contribution in [2.75, 3.05) is 28.2 Å². The summed E-state index contributed by atoms with van der Waals surface area (Å²) in [6.45, 7) is 22.3. The maximum atomic E-state index is 15.0. The molecule has 1 saturated heterocycles. The second-order valence-corrected chi connectivity index (χ2v) is 23.7. The molecule has 0 unspecified atom stereocenters. The lowest BCUT2D eigenvalue weighted by molar-refractivity contribution is -0.176. The van der Waals surface area contributed by atoms with E-state index in [1.807, 2.05) is 142 Å². The van der Waals surface area contributed by atoms with E-state index in [9.17, 15) is 28.8 Å². The molecule has 448 valence electrons. The summed E-state index contributed by atoms with van der Waals surface area (Å²) in [6.07, 6.45) is -2.21. The summed E-state index contributed by atoms with van der Waals surface area (Å²) in [5.41, 5.74) is 4.81. The number of hydrogen-bond donors (Lipinski definition) is 0. The van der Waals surface area contributed by atoms with Gasteiger partial charge < -0.3 is 38.5 Å². The molecule has 0 spiro atoms. The van der Waals surface area contributed by atoms with Crippen molar-refractivity contribution in [3.63, 3.8) is 0 Å². The average molecular weight is 1140 g/mol. The molecule has 3 heterocycles. The molecule has 0 bridgehead atoms. The molecule has 82 heavy (non-hydrogen) atoms. The second-order valence-electron chi connectivity index (χ2n) is 23.7. The summed E-state index contributed by atoms with van der Waals surface area (Å²) >= 11 is 0. The molecule has 0 saturated carbocycles. The highest BCUT2D eigenvalue weighted by atomic mass is 16.6. The number of aryl methyl sites for hydroxylation is 2. The zero-order valence-electron chi connectivity index (χ0n) is 51.0. The largest absolute Gasteiger partial charge is 0.451 e. The Kier molecular flexibility index (Phi) is 23.6. The van der Waals surface area contributed by atoms with E-state index < -0.39 is 96.1 Å². The molecule has 8 atom stereocenters. The van der Waals surface area contributed by atoms with Gasteiger partial charge in [0.05, 0.1) is 24.5 Å². The summed E-state index contributed by atoms with van der Waals surface area (Å²) in [7, 11) is 5.58. The molecule has 4 aromatic rings. The number of ether oxygens (including phenoxy) is 4. The van der Waals surface area contributed by atoms with E-state index in [1.54, 1.807) is 9.36 Å². The summed E-state index contributed by atoms with van der Waals surface area (Å²) in [5.74, 6) is -7.41.